The second-order valence-electron chi connectivity index (χ2n) is 7.68. The van der Waals surface area contributed by atoms with Gasteiger partial charge in [-0.2, -0.15) is 0 Å². The Hall–Kier alpha value is -3.45. The highest BCUT2D eigenvalue weighted by Gasteiger charge is 2.39. The fourth-order valence-electron chi connectivity index (χ4n) is 3.25. The fourth-order valence-corrected chi connectivity index (χ4v) is 3.25. The number of carbonyl (C=O) groups is 3. The Morgan fingerprint density at radius 2 is 1.58 bits per heavy atom. The van der Waals surface area contributed by atoms with Crippen LogP contribution in [0.2, 0.25) is 0 Å². The molecule has 31 heavy (non-hydrogen) atoms. The predicted octanol–water partition coefficient (Wildman–Crippen LogP) is 3.57. The monoisotopic (exact) mass is 421 g/mol. The maximum Gasteiger partial charge on any atom is 0.278 e. The van der Waals surface area contributed by atoms with Gasteiger partial charge in [-0.15, -0.1) is 0 Å². The van der Waals surface area contributed by atoms with Crippen LogP contribution in [0.3, 0.4) is 0 Å². The SMILES string of the molecule is CC(=O)Nc1ccc(NC2=C(c3ccc(C)cc3)C(=O)N(CCOC(C)C)C2=O)cc1. The van der Waals surface area contributed by atoms with E-state index in [-0.39, 0.29) is 42.7 Å². The Morgan fingerprint density at radius 3 is 2.16 bits per heavy atom. The Bertz CT molecular complexity index is 1010. The van der Waals surface area contributed by atoms with E-state index in [1.165, 1.54) is 11.8 Å². The summed E-state index contributed by atoms with van der Waals surface area (Å²) in [7, 11) is 0. The molecule has 2 aromatic carbocycles. The summed E-state index contributed by atoms with van der Waals surface area (Å²) in [6.07, 6.45) is 0.0112. The van der Waals surface area contributed by atoms with Crippen LogP contribution < -0.4 is 10.6 Å². The first kappa shape index (κ1) is 22.2. The highest BCUT2D eigenvalue weighted by atomic mass is 16.5. The molecular formula is C24H27N3O4. The number of hydrogen-bond acceptors (Lipinski definition) is 5. The van der Waals surface area contributed by atoms with Gasteiger partial charge in [0.05, 0.1) is 24.8 Å². The molecule has 0 radical (unpaired) electrons. The summed E-state index contributed by atoms with van der Waals surface area (Å²) >= 11 is 0. The molecule has 0 saturated heterocycles. The van der Waals surface area contributed by atoms with Crippen molar-refractivity contribution in [1.29, 1.82) is 0 Å². The van der Waals surface area contributed by atoms with Crippen molar-refractivity contribution in [2.75, 3.05) is 23.8 Å². The molecule has 1 aliphatic heterocycles. The van der Waals surface area contributed by atoms with Crippen molar-refractivity contribution in [2.45, 2.75) is 33.8 Å². The third kappa shape index (κ3) is 5.38. The van der Waals surface area contributed by atoms with E-state index in [1.807, 2.05) is 45.0 Å². The van der Waals surface area contributed by atoms with E-state index in [0.29, 0.717) is 22.5 Å². The van der Waals surface area contributed by atoms with Gasteiger partial charge in [0.25, 0.3) is 11.8 Å². The molecule has 3 rings (SSSR count). The number of amides is 3. The highest BCUT2D eigenvalue weighted by molar-refractivity contribution is 6.36. The molecular weight excluding hydrogens is 394 g/mol. The van der Waals surface area contributed by atoms with Crippen LogP contribution in [0.1, 0.15) is 31.9 Å². The van der Waals surface area contributed by atoms with Crippen molar-refractivity contribution in [2.24, 2.45) is 0 Å². The first-order chi connectivity index (χ1) is 14.8. The molecule has 0 saturated carbocycles. The maximum absolute atomic E-state index is 13.2. The van der Waals surface area contributed by atoms with Gasteiger partial charge in [0.15, 0.2) is 0 Å². The lowest BCUT2D eigenvalue weighted by Gasteiger charge is -2.16. The van der Waals surface area contributed by atoms with Crippen molar-refractivity contribution in [3.05, 3.63) is 65.4 Å². The third-order valence-corrected chi connectivity index (χ3v) is 4.75. The molecule has 162 valence electrons. The minimum absolute atomic E-state index is 0.0112. The Kier molecular flexibility index (Phi) is 6.87. The summed E-state index contributed by atoms with van der Waals surface area (Å²) in [5, 5.41) is 5.81. The molecule has 0 unspecified atom stereocenters. The number of benzene rings is 2. The molecule has 1 heterocycles. The highest BCUT2D eigenvalue weighted by Crippen LogP contribution is 2.31. The van der Waals surface area contributed by atoms with Gasteiger partial charge >= 0.3 is 0 Å². The van der Waals surface area contributed by atoms with Crippen molar-refractivity contribution in [3.63, 3.8) is 0 Å². The second kappa shape index (κ2) is 9.57. The average Bonchev–Trinajstić information content (AvgIpc) is 2.94. The normalized spacial score (nSPS) is 13.9. The van der Waals surface area contributed by atoms with Gasteiger partial charge < -0.3 is 15.4 Å². The molecule has 0 aromatic heterocycles. The first-order valence-corrected chi connectivity index (χ1v) is 10.2. The molecule has 7 nitrogen and oxygen atoms in total. The van der Waals surface area contributed by atoms with Crippen molar-refractivity contribution < 1.29 is 19.1 Å². The number of ether oxygens (including phenoxy) is 1. The molecule has 0 fully saturated rings. The van der Waals surface area contributed by atoms with Gasteiger partial charge in [0.2, 0.25) is 5.91 Å². The van der Waals surface area contributed by atoms with Crippen molar-refractivity contribution >= 4 is 34.7 Å². The summed E-state index contributed by atoms with van der Waals surface area (Å²) in [4.78, 5) is 38.7. The van der Waals surface area contributed by atoms with Crippen LogP contribution >= 0.6 is 0 Å². The molecule has 0 spiro atoms. The van der Waals surface area contributed by atoms with Crippen LogP contribution in [0.15, 0.2) is 54.2 Å². The molecule has 7 heteroatoms. The molecule has 2 N–H and O–H groups in total. The number of imide groups is 1. The van der Waals surface area contributed by atoms with Crippen LogP contribution in [0, 0.1) is 6.92 Å². The van der Waals surface area contributed by atoms with Crippen LogP contribution in [0.4, 0.5) is 11.4 Å². The minimum atomic E-state index is -0.390. The van der Waals surface area contributed by atoms with Gasteiger partial charge in [-0.1, -0.05) is 29.8 Å². The minimum Gasteiger partial charge on any atom is -0.377 e. The number of hydrogen-bond donors (Lipinski definition) is 2. The topological polar surface area (TPSA) is 87.7 Å². The van der Waals surface area contributed by atoms with Gasteiger partial charge in [0, 0.05) is 18.3 Å². The molecule has 1 aliphatic rings. The van der Waals surface area contributed by atoms with Crippen LogP contribution in [0.25, 0.3) is 5.57 Å². The van der Waals surface area contributed by atoms with E-state index in [0.717, 1.165) is 5.56 Å². The van der Waals surface area contributed by atoms with E-state index < -0.39 is 0 Å². The van der Waals surface area contributed by atoms with Crippen LogP contribution in [-0.4, -0.2) is 41.9 Å². The molecule has 0 atom stereocenters. The number of nitrogens with one attached hydrogen (secondary N) is 2. The largest absolute Gasteiger partial charge is 0.377 e. The van der Waals surface area contributed by atoms with Crippen molar-refractivity contribution in [3.8, 4) is 0 Å². The zero-order valence-electron chi connectivity index (χ0n) is 18.2. The Morgan fingerprint density at radius 1 is 0.968 bits per heavy atom. The number of rotatable bonds is 8. The summed E-state index contributed by atoms with van der Waals surface area (Å²) in [6.45, 7) is 7.66. The quantitative estimate of drug-likeness (QED) is 0.636. The Balaban J connectivity index is 1.91. The standard InChI is InChI=1S/C24H27N3O4/c1-15(2)31-14-13-27-23(29)21(18-7-5-16(3)6-8-18)22(24(27)30)26-20-11-9-19(10-12-20)25-17(4)28/h5-12,15,26H,13-14H2,1-4H3,(H,25,28). The average molecular weight is 421 g/mol. The van der Waals surface area contributed by atoms with Gasteiger partial charge in [-0.3, -0.25) is 19.3 Å². The second-order valence-corrected chi connectivity index (χ2v) is 7.68. The van der Waals surface area contributed by atoms with Gasteiger partial charge in [-0.25, -0.2) is 0 Å². The zero-order valence-corrected chi connectivity index (χ0v) is 18.2. The maximum atomic E-state index is 13.2. The summed E-state index contributed by atoms with van der Waals surface area (Å²) in [6, 6.07) is 14.4. The molecule has 0 aliphatic carbocycles. The predicted molar refractivity (Wildman–Crippen MR) is 120 cm³/mol. The lowest BCUT2D eigenvalue weighted by molar-refractivity contribution is -0.138. The van der Waals surface area contributed by atoms with Gasteiger partial charge in [0.1, 0.15) is 5.70 Å². The fraction of sp³-hybridized carbons (Fsp3) is 0.292. The van der Waals surface area contributed by atoms with Crippen LogP contribution in [0.5, 0.6) is 0 Å². The smallest absolute Gasteiger partial charge is 0.278 e. The van der Waals surface area contributed by atoms with E-state index in [9.17, 15) is 14.4 Å². The molecule has 3 amide bonds. The molecule has 2 aromatic rings. The van der Waals surface area contributed by atoms with E-state index >= 15 is 0 Å². The lowest BCUT2D eigenvalue weighted by atomic mass is 10.0. The summed E-state index contributed by atoms with van der Waals surface area (Å²) in [5.74, 6) is -0.904. The summed E-state index contributed by atoms with van der Waals surface area (Å²) < 4.78 is 5.54. The van der Waals surface area contributed by atoms with Crippen LogP contribution in [-0.2, 0) is 19.1 Å². The lowest BCUT2D eigenvalue weighted by Crippen LogP contribution is -2.35. The Labute approximate surface area is 182 Å². The van der Waals surface area contributed by atoms with E-state index in [2.05, 4.69) is 10.6 Å². The first-order valence-electron chi connectivity index (χ1n) is 10.2. The van der Waals surface area contributed by atoms with E-state index in [4.69, 9.17) is 4.74 Å². The summed E-state index contributed by atoms with van der Waals surface area (Å²) in [5.41, 5.74) is 3.58. The third-order valence-electron chi connectivity index (χ3n) is 4.75. The number of nitrogens with zero attached hydrogens (tertiary/aromatic N) is 1. The number of anilines is 2. The van der Waals surface area contributed by atoms with Crippen molar-refractivity contribution in [1.82, 2.24) is 4.90 Å². The number of aryl methyl sites for hydroxylation is 1. The van der Waals surface area contributed by atoms with Gasteiger partial charge in [-0.05, 0) is 50.6 Å². The molecule has 0 bridgehead atoms. The van der Waals surface area contributed by atoms with E-state index in [1.54, 1.807) is 24.3 Å². The zero-order chi connectivity index (χ0) is 22.5. The number of carbonyl (C=O) groups excluding carboxylic acids is 3.